The van der Waals surface area contributed by atoms with Gasteiger partial charge in [0.25, 0.3) is 0 Å². The van der Waals surface area contributed by atoms with Gasteiger partial charge >= 0.3 is 0 Å². The van der Waals surface area contributed by atoms with Gasteiger partial charge in [0.2, 0.25) is 0 Å². The van der Waals surface area contributed by atoms with Gasteiger partial charge in [0.05, 0.1) is 12.2 Å². The molecule has 2 fully saturated rings. The molecule has 3 nitrogen and oxygen atoms in total. The number of hydrogen-bond acceptors (Lipinski definition) is 2. The van der Waals surface area contributed by atoms with E-state index in [0.29, 0.717) is 11.8 Å². The van der Waals surface area contributed by atoms with Gasteiger partial charge in [0.1, 0.15) is 0 Å². The van der Waals surface area contributed by atoms with E-state index in [1.165, 1.54) is 24.8 Å². The first-order valence-corrected chi connectivity index (χ1v) is 7.42. The first-order valence-electron chi connectivity index (χ1n) is 7.42. The Morgan fingerprint density at radius 3 is 2.60 bits per heavy atom. The molecule has 1 saturated carbocycles. The van der Waals surface area contributed by atoms with Gasteiger partial charge < -0.3 is 9.64 Å². The maximum absolute atomic E-state index is 7.24. The van der Waals surface area contributed by atoms with Crippen molar-refractivity contribution in [2.24, 2.45) is 11.8 Å². The Labute approximate surface area is 121 Å². The average molecular weight is 270 g/mol. The number of methoxy groups -OCH3 is 1. The SMILES string of the molecule is [C-]#[N+]c1cccc(C2(OC)C3CCCC2CN(C)C3)c1. The standard InChI is InChI=1S/C17H22N2O/c1-18-16-9-5-6-13(10-16)17(20-3)14-7-4-8-15(17)12-19(2)11-14/h5-6,9-10,14-15H,4,7-8,11-12H2,2-3H3. The molecule has 0 amide bonds. The van der Waals surface area contributed by atoms with E-state index < -0.39 is 0 Å². The first kappa shape index (κ1) is 13.6. The molecule has 0 N–H and O–H groups in total. The molecule has 20 heavy (non-hydrogen) atoms. The lowest BCUT2D eigenvalue weighted by molar-refractivity contribution is -0.165. The van der Waals surface area contributed by atoms with Crippen molar-refractivity contribution in [3.8, 4) is 0 Å². The molecule has 3 rings (SSSR count). The van der Waals surface area contributed by atoms with E-state index in [9.17, 15) is 0 Å². The summed E-state index contributed by atoms with van der Waals surface area (Å²) in [6, 6.07) is 8.06. The number of rotatable bonds is 2. The van der Waals surface area contributed by atoms with Crippen molar-refractivity contribution in [2.75, 3.05) is 27.2 Å². The van der Waals surface area contributed by atoms with E-state index >= 15 is 0 Å². The highest BCUT2D eigenvalue weighted by atomic mass is 16.5. The minimum Gasteiger partial charge on any atom is -0.373 e. The lowest BCUT2D eigenvalue weighted by atomic mass is 9.62. The van der Waals surface area contributed by atoms with Crippen LogP contribution in [-0.4, -0.2) is 32.1 Å². The van der Waals surface area contributed by atoms with Crippen LogP contribution in [0.5, 0.6) is 0 Å². The molecule has 2 atom stereocenters. The Morgan fingerprint density at radius 1 is 1.30 bits per heavy atom. The summed E-state index contributed by atoms with van der Waals surface area (Å²) < 4.78 is 6.15. The van der Waals surface area contributed by atoms with Crippen molar-refractivity contribution < 1.29 is 4.74 Å². The highest BCUT2D eigenvalue weighted by Gasteiger charge is 2.52. The second-order valence-electron chi connectivity index (χ2n) is 6.21. The molecular weight excluding hydrogens is 248 g/mol. The summed E-state index contributed by atoms with van der Waals surface area (Å²) in [5.74, 6) is 1.07. The number of fused-ring (bicyclic) bond motifs is 2. The molecule has 1 heterocycles. The third-order valence-corrected chi connectivity index (χ3v) is 5.15. The fourth-order valence-electron chi connectivity index (χ4n) is 4.39. The molecule has 2 unspecified atom stereocenters. The predicted octanol–water partition coefficient (Wildman–Crippen LogP) is 3.44. The third-order valence-electron chi connectivity index (χ3n) is 5.15. The number of ether oxygens (including phenoxy) is 1. The Morgan fingerprint density at radius 2 is 2.00 bits per heavy atom. The van der Waals surface area contributed by atoms with Gasteiger partial charge in [-0.2, -0.15) is 0 Å². The van der Waals surface area contributed by atoms with Crippen molar-refractivity contribution in [3.63, 3.8) is 0 Å². The molecule has 3 heteroatoms. The monoisotopic (exact) mass is 270 g/mol. The van der Waals surface area contributed by atoms with E-state index in [1.807, 2.05) is 25.3 Å². The van der Waals surface area contributed by atoms with Crippen LogP contribution in [0.1, 0.15) is 24.8 Å². The summed E-state index contributed by atoms with van der Waals surface area (Å²) in [7, 11) is 4.06. The fraction of sp³-hybridized carbons (Fsp3) is 0.588. The van der Waals surface area contributed by atoms with Crippen molar-refractivity contribution in [3.05, 3.63) is 41.2 Å². The van der Waals surface area contributed by atoms with Gasteiger partial charge in [-0.05, 0) is 25.5 Å². The molecule has 1 aromatic rings. The average Bonchev–Trinajstić information content (AvgIpc) is 2.46. The van der Waals surface area contributed by atoms with Crippen LogP contribution < -0.4 is 0 Å². The zero-order valence-electron chi connectivity index (χ0n) is 12.3. The van der Waals surface area contributed by atoms with Crippen LogP contribution in [0.25, 0.3) is 4.85 Å². The third kappa shape index (κ3) is 1.95. The number of nitrogens with zero attached hydrogens (tertiary/aromatic N) is 2. The fourth-order valence-corrected chi connectivity index (χ4v) is 4.39. The summed E-state index contributed by atoms with van der Waals surface area (Å²) in [6.07, 6.45) is 3.74. The molecule has 1 aliphatic carbocycles. The largest absolute Gasteiger partial charge is 0.373 e. The van der Waals surface area contributed by atoms with Gasteiger partial charge in [0, 0.05) is 32.0 Å². The molecule has 2 bridgehead atoms. The van der Waals surface area contributed by atoms with Crippen LogP contribution in [0, 0.1) is 18.4 Å². The predicted molar refractivity (Wildman–Crippen MR) is 79.7 cm³/mol. The summed E-state index contributed by atoms with van der Waals surface area (Å²) in [4.78, 5) is 6.02. The van der Waals surface area contributed by atoms with Crippen LogP contribution in [-0.2, 0) is 10.3 Å². The zero-order valence-corrected chi connectivity index (χ0v) is 12.3. The van der Waals surface area contributed by atoms with E-state index in [-0.39, 0.29) is 5.60 Å². The first-order chi connectivity index (χ1) is 9.70. The molecule has 1 saturated heterocycles. The quantitative estimate of drug-likeness (QED) is 0.766. The number of likely N-dealkylation sites (tertiary alicyclic amines) is 1. The minimum atomic E-state index is -0.189. The van der Waals surface area contributed by atoms with Crippen LogP contribution in [0.15, 0.2) is 24.3 Å². The van der Waals surface area contributed by atoms with E-state index in [4.69, 9.17) is 11.3 Å². The molecule has 0 aromatic heterocycles. The zero-order chi connectivity index (χ0) is 14.2. The lowest BCUT2D eigenvalue weighted by Crippen LogP contribution is -2.58. The van der Waals surface area contributed by atoms with Crippen molar-refractivity contribution in [1.82, 2.24) is 4.90 Å². The molecule has 0 radical (unpaired) electrons. The van der Waals surface area contributed by atoms with Crippen molar-refractivity contribution in [2.45, 2.75) is 24.9 Å². The van der Waals surface area contributed by atoms with Gasteiger partial charge in [-0.15, -0.1) is 0 Å². The molecule has 1 aromatic carbocycles. The highest BCUT2D eigenvalue weighted by molar-refractivity contribution is 5.48. The number of piperidine rings is 1. The van der Waals surface area contributed by atoms with Crippen LogP contribution in [0.2, 0.25) is 0 Å². The minimum absolute atomic E-state index is 0.189. The van der Waals surface area contributed by atoms with Gasteiger partial charge in [-0.25, -0.2) is 4.85 Å². The molecule has 1 aliphatic heterocycles. The van der Waals surface area contributed by atoms with E-state index in [1.54, 1.807) is 0 Å². The second kappa shape index (κ2) is 5.20. The Kier molecular flexibility index (Phi) is 3.54. The molecule has 2 aliphatic rings. The van der Waals surface area contributed by atoms with E-state index in [0.717, 1.165) is 18.8 Å². The Hall–Kier alpha value is -1.37. The van der Waals surface area contributed by atoms with E-state index in [2.05, 4.69) is 22.9 Å². The van der Waals surface area contributed by atoms with Crippen LogP contribution >= 0.6 is 0 Å². The maximum Gasteiger partial charge on any atom is 0.187 e. The summed E-state index contributed by atoms with van der Waals surface area (Å²) in [5.41, 5.74) is 1.73. The topological polar surface area (TPSA) is 16.8 Å². The summed E-state index contributed by atoms with van der Waals surface area (Å²) >= 11 is 0. The highest BCUT2D eigenvalue weighted by Crippen LogP contribution is 2.51. The molecule has 0 spiro atoms. The molecule has 106 valence electrons. The van der Waals surface area contributed by atoms with Gasteiger partial charge in [-0.1, -0.05) is 30.7 Å². The lowest BCUT2D eigenvalue weighted by Gasteiger charge is -2.55. The number of hydrogen-bond donors (Lipinski definition) is 0. The Balaban J connectivity index is 2.08. The molecular formula is C17H22N2O. The Bertz CT molecular complexity index is 520. The normalized spacial score (nSPS) is 33.6. The van der Waals surface area contributed by atoms with Crippen molar-refractivity contribution in [1.29, 1.82) is 0 Å². The van der Waals surface area contributed by atoms with Gasteiger partial charge in [-0.3, -0.25) is 0 Å². The summed E-state index contributed by atoms with van der Waals surface area (Å²) in [6.45, 7) is 9.42. The smallest absolute Gasteiger partial charge is 0.187 e. The van der Waals surface area contributed by atoms with Gasteiger partial charge in [0.15, 0.2) is 5.69 Å². The maximum atomic E-state index is 7.24. The van der Waals surface area contributed by atoms with Crippen LogP contribution in [0.3, 0.4) is 0 Å². The second-order valence-corrected chi connectivity index (χ2v) is 6.21. The van der Waals surface area contributed by atoms with Crippen molar-refractivity contribution >= 4 is 5.69 Å². The summed E-state index contributed by atoms with van der Waals surface area (Å²) in [5, 5.41) is 0. The number of benzene rings is 1. The van der Waals surface area contributed by atoms with Crippen LogP contribution in [0.4, 0.5) is 5.69 Å².